The molecule has 1 N–H and O–H groups in total. The molecule has 130 valence electrons. The zero-order valence-corrected chi connectivity index (χ0v) is 16.1. The topological polar surface area (TPSA) is 67.1 Å². The second kappa shape index (κ2) is 10.5. The summed E-state index contributed by atoms with van der Waals surface area (Å²) < 4.78 is 10.4. The molecule has 0 spiro atoms. The summed E-state index contributed by atoms with van der Waals surface area (Å²) in [6.45, 7) is 4.72. The van der Waals surface area contributed by atoms with E-state index < -0.39 is 0 Å². The number of furan rings is 1. The van der Waals surface area contributed by atoms with Gasteiger partial charge in [0.25, 0.3) is 0 Å². The quantitative estimate of drug-likeness (QED) is 0.333. The lowest BCUT2D eigenvalue weighted by atomic mass is 9.97. The van der Waals surface area contributed by atoms with Crippen LogP contribution >= 0.6 is 24.0 Å². The number of aliphatic imine (C=N–C) groups is 1. The average Bonchev–Trinajstić information content (AvgIpc) is 3.05. The number of ether oxygens (including phenoxy) is 1. The van der Waals surface area contributed by atoms with E-state index in [1.807, 2.05) is 19.1 Å². The van der Waals surface area contributed by atoms with Crippen molar-refractivity contribution < 1.29 is 13.9 Å². The van der Waals surface area contributed by atoms with Crippen LogP contribution in [-0.4, -0.2) is 50.1 Å². The van der Waals surface area contributed by atoms with Gasteiger partial charge in [0.15, 0.2) is 5.96 Å². The number of nitrogens with zero attached hydrogens (tertiary/aromatic N) is 2. The van der Waals surface area contributed by atoms with Crippen LogP contribution < -0.4 is 5.32 Å². The third kappa shape index (κ3) is 6.04. The number of guanidine groups is 1. The van der Waals surface area contributed by atoms with Crippen molar-refractivity contribution >= 4 is 35.9 Å². The van der Waals surface area contributed by atoms with Crippen LogP contribution in [-0.2, 0) is 16.0 Å². The van der Waals surface area contributed by atoms with Gasteiger partial charge in [0.05, 0.1) is 18.8 Å². The van der Waals surface area contributed by atoms with E-state index in [0.29, 0.717) is 6.61 Å². The molecule has 7 heteroatoms. The van der Waals surface area contributed by atoms with Gasteiger partial charge < -0.3 is 19.4 Å². The van der Waals surface area contributed by atoms with Gasteiger partial charge in [-0.25, -0.2) is 0 Å². The minimum atomic E-state index is -0.0667. The Labute approximate surface area is 154 Å². The fourth-order valence-electron chi connectivity index (χ4n) is 2.67. The Bertz CT molecular complexity index is 483. The minimum absolute atomic E-state index is 0. The first kappa shape index (κ1) is 19.8. The van der Waals surface area contributed by atoms with E-state index >= 15 is 0 Å². The van der Waals surface area contributed by atoms with Gasteiger partial charge in [0, 0.05) is 33.1 Å². The number of likely N-dealkylation sites (tertiary alicyclic amines) is 1. The van der Waals surface area contributed by atoms with Gasteiger partial charge in [-0.15, -0.1) is 24.0 Å². The van der Waals surface area contributed by atoms with Crippen LogP contribution in [0.3, 0.4) is 0 Å². The molecule has 1 aromatic rings. The van der Waals surface area contributed by atoms with Crippen molar-refractivity contribution in [3.63, 3.8) is 0 Å². The molecule has 1 aromatic heterocycles. The van der Waals surface area contributed by atoms with Gasteiger partial charge in [0.1, 0.15) is 5.76 Å². The van der Waals surface area contributed by atoms with Crippen LogP contribution in [0.15, 0.2) is 27.8 Å². The first-order valence-electron chi connectivity index (χ1n) is 7.89. The minimum Gasteiger partial charge on any atom is -0.469 e. The molecule has 0 radical (unpaired) electrons. The SMILES string of the molecule is CCOC(=O)C1CCN(C(=NC)NCCc2ccco2)CC1.I. The Hall–Kier alpha value is -1.25. The zero-order valence-electron chi connectivity index (χ0n) is 13.8. The Morgan fingerprint density at radius 1 is 1.48 bits per heavy atom. The highest BCUT2D eigenvalue weighted by molar-refractivity contribution is 14.0. The maximum Gasteiger partial charge on any atom is 0.309 e. The Morgan fingerprint density at radius 3 is 2.78 bits per heavy atom. The Kier molecular flexibility index (Phi) is 9.05. The van der Waals surface area contributed by atoms with Gasteiger partial charge in [-0.3, -0.25) is 9.79 Å². The lowest BCUT2D eigenvalue weighted by Gasteiger charge is -2.33. The highest BCUT2D eigenvalue weighted by Crippen LogP contribution is 2.18. The van der Waals surface area contributed by atoms with E-state index in [-0.39, 0.29) is 35.9 Å². The van der Waals surface area contributed by atoms with Gasteiger partial charge in [-0.05, 0) is 31.9 Å². The van der Waals surface area contributed by atoms with E-state index in [9.17, 15) is 4.79 Å². The summed E-state index contributed by atoms with van der Waals surface area (Å²) in [5, 5.41) is 3.35. The van der Waals surface area contributed by atoms with E-state index in [0.717, 1.165) is 50.6 Å². The molecule has 0 aromatic carbocycles. The van der Waals surface area contributed by atoms with Crippen molar-refractivity contribution in [2.45, 2.75) is 26.2 Å². The highest BCUT2D eigenvalue weighted by atomic mass is 127. The molecule has 1 saturated heterocycles. The highest BCUT2D eigenvalue weighted by Gasteiger charge is 2.27. The standard InChI is InChI=1S/C16H25N3O3.HI/c1-3-21-15(20)13-7-10-19(11-8-13)16(17-2)18-9-6-14-5-4-12-22-14;/h4-5,12-13H,3,6-11H2,1-2H3,(H,17,18);1H. The lowest BCUT2D eigenvalue weighted by molar-refractivity contribution is -0.149. The van der Waals surface area contributed by atoms with E-state index in [1.165, 1.54) is 0 Å². The number of rotatable bonds is 5. The van der Waals surface area contributed by atoms with Crippen molar-refractivity contribution in [2.75, 3.05) is 33.3 Å². The van der Waals surface area contributed by atoms with Crippen LogP contribution in [0.2, 0.25) is 0 Å². The van der Waals surface area contributed by atoms with Gasteiger partial charge in [0.2, 0.25) is 0 Å². The molecule has 1 aliphatic heterocycles. The number of hydrogen-bond acceptors (Lipinski definition) is 4. The summed E-state index contributed by atoms with van der Waals surface area (Å²) in [7, 11) is 1.78. The van der Waals surface area contributed by atoms with Crippen LogP contribution in [0.25, 0.3) is 0 Å². The average molecular weight is 435 g/mol. The van der Waals surface area contributed by atoms with E-state index in [2.05, 4.69) is 15.2 Å². The molecule has 6 nitrogen and oxygen atoms in total. The fourth-order valence-corrected chi connectivity index (χ4v) is 2.67. The lowest BCUT2D eigenvalue weighted by Crippen LogP contribution is -2.47. The number of nitrogens with one attached hydrogen (secondary N) is 1. The molecule has 1 fully saturated rings. The predicted molar refractivity (Wildman–Crippen MR) is 100 cm³/mol. The number of hydrogen-bond donors (Lipinski definition) is 1. The predicted octanol–water partition coefficient (Wildman–Crippen LogP) is 2.29. The summed E-state index contributed by atoms with van der Waals surface area (Å²) in [4.78, 5) is 18.3. The molecule has 0 aliphatic carbocycles. The summed E-state index contributed by atoms with van der Waals surface area (Å²) >= 11 is 0. The van der Waals surface area contributed by atoms with Gasteiger partial charge in [-0.2, -0.15) is 0 Å². The third-order valence-electron chi connectivity index (χ3n) is 3.86. The smallest absolute Gasteiger partial charge is 0.309 e. The summed E-state index contributed by atoms with van der Waals surface area (Å²) in [6.07, 6.45) is 4.14. The molecule has 0 amide bonds. The van der Waals surface area contributed by atoms with Crippen molar-refractivity contribution in [1.82, 2.24) is 10.2 Å². The van der Waals surface area contributed by atoms with Gasteiger partial charge >= 0.3 is 5.97 Å². The second-order valence-corrected chi connectivity index (χ2v) is 5.32. The number of carbonyl (C=O) groups is 1. The first-order chi connectivity index (χ1) is 10.7. The number of carbonyl (C=O) groups excluding carboxylic acids is 1. The molecular formula is C16H26IN3O3. The molecule has 2 rings (SSSR count). The summed E-state index contributed by atoms with van der Waals surface area (Å²) in [5.41, 5.74) is 0. The summed E-state index contributed by atoms with van der Waals surface area (Å²) in [6, 6.07) is 3.86. The molecule has 0 saturated carbocycles. The molecule has 1 aliphatic rings. The van der Waals surface area contributed by atoms with Crippen LogP contribution in [0.4, 0.5) is 0 Å². The van der Waals surface area contributed by atoms with E-state index in [4.69, 9.17) is 9.15 Å². The van der Waals surface area contributed by atoms with Crippen molar-refractivity contribution in [1.29, 1.82) is 0 Å². The maximum absolute atomic E-state index is 11.8. The Morgan fingerprint density at radius 2 is 2.22 bits per heavy atom. The first-order valence-corrected chi connectivity index (χ1v) is 7.89. The maximum atomic E-state index is 11.8. The third-order valence-corrected chi connectivity index (χ3v) is 3.86. The molecular weight excluding hydrogens is 409 g/mol. The number of piperidine rings is 1. The monoisotopic (exact) mass is 435 g/mol. The number of esters is 1. The number of halogens is 1. The molecule has 0 unspecified atom stereocenters. The van der Waals surface area contributed by atoms with Crippen LogP contribution in [0.5, 0.6) is 0 Å². The largest absolute Gasteiger partial charge is 0.469 e. The van der Waals surface area contributed by atoms with Gasteiger partial charge in [-0.1, -0.05) is 0 Å². The Balaban J connectivity index is 0.00000264. The van der Waals surface area contributed by atoms with Crippen LogP contribution in [0, 0.1) is 5.92 Å². The fraction of sp³-hybridized carbons (Fsp3) is 0.625. The molecule has 2 heterocycles. The van der Waals surface area contributed by atoms with Crippen molar-refractivity contribution in [2.24, 2.45) is 10.9 Å². The summed E-state index contributed by atoms with van der Waals surface area (Å²) in [5.74, 6) is 1.80. The van der Waals surface area contributed by atoms with Crippen LogP contribution in [0.1, 0.15) is 25.5 Å². The molecule has 0 atom stereocenters. The molecule has 23 heavy (non-hydrogen) atoms. The normalized spacial score (nSPS) is 15.9. The second-order valence-electron chi connectivity index (χ2n) is 5.32. The van der Waals surface area contributed by atoms with Crippen molar-refractivity contribution in [3.8, 4) is 0 Å². The van der Waals surface area contributed by atoms with E-state index in [1.54, 1.807) is 13.3 Å². The molecule has 0 bridgehead atoms. The van der Waals surface area contributed by atoms with Crippen molar-refractivity contribution in [3.05, 3.63) is 24.2 Å². The zero-order chi connectivity index (χ0) is 15.8.